The maximum absolute atomic E-state index is 11.8. The maximum Gasteiger partial charge on any atom is 0.331 e. The van der Waals surface area contributed by atoms with Gasteiger partial charge in [0.1, 0.15) is 5.75 Å². The van der Waals surface area contributed by atoms with Gasteiger partial charge in [0, 0.05) is 27.9 Å². The van der Waals surface area contributed by atoms with Gasteiger partial charge in [0.05, 0.1) is 7.11 Å². The van der Waals surface area contributed by atoms with Crippen LogP contribution in [0.25, 0.3) is 6.08 Å². The second-order valence-corrected chi connectivity index (χ2v) is 5.73. The van der Waals surface area contributed by atoms with Crippen LogP contribution in [0.2, 0.25) is 10.0 Å². The van der Waals surface area contributed by atoms with Crippen molar-refractivity contribution in [1.29, 1.82) is 0 Å². The molecule has 1 amide bonds. The zero-order valence-corrected chi connectivity index (χ0v) is 14.8. The molecule has 7 heteroatoms. The Morgan fingerprint density at radius 3 is 2.68 bits per heavy atom. The SMILES string of the molecule is COc1cccc(NC(=O)COC(=O)/C=C/c2ccc(Cl)cc2Cl)c1. The predicted octanol–water partition coefficient (Wildman–Crippen LogP) is 4.20. The van der Waals surface area contributed by atoms with Gasteiger partial charge in [0.15, 0.2) is 6.61 Å². The van der Waals surface area contributed by atoms with Gasteiger partial charge in [0.25, 0.3) is 5.91 Å². The van der Waals surface area contributed by atoms with Gasteiger partial charge in [-0.05, 0) is 35.9 Å². The van der Waals surface area contributed by atoms with E-state index >= 15 is 0 Å². The van der Waals surface area contributed by atoms with Gasteiger partial charge in [-0.15, -0.1) is 0 Å². The van der Waals surface area contributed by atoms with E-state index in [2.05, 4.69) is 5.32 Å². The number of hydrogen-bond donors (Lipinski definition) is 1. The largest absolute Gasteiger partial charge is 0.497 e. The summed E-state index contributed by atoms with van der Waals surface area (Å²) in [7, 11) is 1.53. The average Bonchev–Trinajstić information content (AvgIpc) is 2.59. The molecule has 0 aromatic heterocycles. The number of methoxy groups -OCH3 is 1. The molecule has 1 N–H and O–H groups in total. The first-order valence-corrected chi connectivity index (χ1v) is 7.97. The Bertz CT molecular complexity index is 805. The van der Waals surface area contributed by atoms with E-state index in [1.807, 2.05) is 0 Å². The van der Waals surface area contributed by atoms with E-state index in [9.17, 15) is 9.59 Å². The van der Waals surface area contributed by atoms with Crippen molar-refractivity contribution in [2.75, 3.05) is 19.0 Å². The van der Waals surface area contributed by atoms with Crippen molar-refractivity contribution in [3.8, 4) is 5.75 Å². The molecule has 5 nitrogen and oxygen atoms in total. The topological polar surface area (TPSA) is 64.6 Å². The third-order valence-corrected chi connectivity index (χ3v) is 3.62. The fourth-order valence-electron chi connectivity index (χ4n) is 1.88. The summed E-state index contributed by atoms with van der Waals surface area (Å²) in [5.74, 6) is -0.510. The summed E-state index contributed by atoms with van der Waals surface area (Å²) < 4.78 is 9.94. The Balaban J connectivity index is 1.84. The summed E-state index contributed by atoms with van der Waals surface area (Å²) in [5, 5.41) is 3.51. The lowest BCUT2D eigenvalue weighted by molar-refractivity contribution is -0.142. The number of rotatable bonds is 6. The minimum atomic E-state index is -0.660. The van der Waals surface area contributed by atoms with Crippen LogP contribution in [0.3, 0.4) is 0 Å². The Hall–Kier alpha value is -2.50. The number of carbonyl (C=O) groups is 2. The molecule has 0 atom stereocenters. The highest BCUT2D eigenvalue weighted by atomic mass is 35.5. The van der Waals surface area contributed by atoms with Crippen molar-refractivity contribution < 1.29 is 19.1 Å². The normalized spacial score (nSPS) is 10.5. The summed E-state index contributed by atoms with van der Waals surface area (Å²) in [6.07, 6.45) is 2.68. The third kappa shape index (κ3) is 6.14. The van der Waals surface area contributed by atoms with Crippen LogP contribution in [-0.4, -0.2) is 25.6 Å². The molecule has 0 bridgehead atoms. The zero-order chi connectivity index (χ0) is 18.2. The van der Waals surface area contributed by atoms with Crippen LogP contribution in [0, 0.1) is 0 Å². The highest BCUT2D eigenvalue weighted by Crippen LogP contribution is 2.22. The van der Waals surface area contributed by atoms with Crippen molar-refractivity contribution in [2.24, 2.45) is 0 Å². The summed E-state index contributed by atoms with van der Waals surface area (Å²) in [6.45, 7) is -0.408. The van der Waals surface area contributed by atoms with Gasteiger partial charge < -0.3 is 14.8 Å². The molecule has 0 saturated carbocycles. The van der Waals surface area contributed by atoms with Crippen LogP contribution < -0.4 is 10.1 Å². The smallest absolute Gasteiger partial charge is 0.331 e. The molecule has 0 aliphatic carbocycles. The highest BCUT2D eigenvalue weighted by molar-refractivity contribution is 6.35. The zero-order valence-electron chi connectivity index (χ0n) is 13.3. The molecule has 2 aromatic rings. The first-order chi connectivity index (χ1) is 12.0. The van der Waals surface area contributed by atoms with Crippen molar-refractivity contribution >= 4 is 46.8 Å². The van der Waals surface area contributed by atoms with E-state index in [0.29, 0.717) is 27.0 Å². The number of halogens is 2. The lowest BCUT2D eigenvalue weighted by Gasteiger charge is -2.07. The fraction of sp³-hybridized carbons (Fsp3) is 0.111. The van der Waals surface area contributed by atoms with Crippen LogP contribution >= 0.6 is 23.2 Å². The average molecular weight is 380 g/mol. The van der Waals surface area contributed by atoms with Crippen molar-refractivity contribution in [3.63, 3.8) is 0 Å². The predicted molar refractivity (Wildman–Crippen MR) is 98.1 cm³/mol. The molecule has 2 aromatic carbocycles. The number of ether oxygens (including phenoxy) is 2. The van der Waals surface area contributed by atoms with Crippen molar-refractivity contribution in [2.45, 2.75) is 0 Å². The molecule has 0 saturated heterocycles. The first kappa shape index (κ1) is 18.8. The van der Waals surface area contributed by atoms with E-state index in [1.54, 1.807) is 42.5 Å². The van der Waals surface area contributed by atoms with E-state index in [-0.39, 0.29) is 0 Å². The third-order valence-electron chi connectivity index (χ3n) is 3.06. The van der Waals surface area contributed by atoms with Gasteiger partial charge in [-0.3, -0.25) is 4.79 Å². The van der Waals surface area contributed by atoms with Gasteiger partial charge in [0.2, 0.25) is 0 Å². The summed E-state index contributed by atoms with van der Waals surface area (Å²) in [5.41, 5.74) is 1.16. The highest BCUT2D eigenvalue weighted by Gasteiger charge is 2.07. The fourth-order valence-corrected chi connectivity index (χ4v) is 2.35. The quantitative estimate of drug-likeness (QED) is 0.603. The van der Waals surface area contributed by atoms with E-state index in [1.165, 1.54) is 19.3 Å². The number of anilines is 1. The number of esters is 1. The molecule has 0 unspecified atom stereocenters. The summed E-state index contributed by atoms with van der Waals surface area (Å²) in [4.78, 5) is 23.5. The second-order valence-electron chi connectivity index (χ2n) is 4.89. The molecular formula is C18H15Cl2NO4. The van der Waals surface area contributed by atoms with Crippen LogP contribution in [0.1, 0.15) is 5.56 Å². The molecule has 0 aliphatic heterocycles. The Kier molecular flexibility index (Phi) is 6.86. The monoisotopic (exact) mass is 379 g/mol. The molecule has 0 heterocycles. The second kappa shape index (κ2) is 9.11. The van der Waals surface area contributed by atoms with E-state index in [4.69, 9.17) is 32.7 Å². The molecule has 130 valence electrons. The Morgan fingerprint density at radius 2 is 1.96 bits per heavy atom. The number of hydrogen-bond acceptors (Lipinski definition) is 4. The lowest BCUT2D eigenvalue weighted by atomic mass is 10.2. The molecule has 2 rings (SSSR count). The van der Waals surface area contributed by atoms with Crippen LogP contribution in [0.15, 0.2) is 48.5 Å². The van der Waals surface area contributed by atoms with Gasteiger partial charge in [-0.1, -0.05) is 35.3 Å². The van der Waals surface area contributed by atoms with Crippen LogP contribution in [0.4, 0.5) is 5.69 Å². The van der Waals surface area contributed by atoms with Gasteiger partial charge in [-0.2, -0.15) is 0 Å². The van der Waals surface area contributed by atoms with Crippen molar-refractivity contribution in [3.05, 3.63) is 64.1 Å². The van der Waals surface area contributed by atoms with E-state index < -0.39 is 18.5 Å². The van der Waals surface area contributed by atoms with Gasteiger partial charge >= 0.3 is 5.97 Å². The minimum Gasteiger partial charge on any atom is -0.497 e. The molecular weight excluding hydrogens is 365 g/mol. The van der Waals surface area contributed by atoms with Gasteiger partial charge in [-0.25, -0.2) is 4.79 Å². The van der Waals surface area contributed by atoms with Crippen LogP contribution in [0.5, 0.6) is 5.75 Å². The van der Waals surface area contributed by atoms with Crippen molar-refractivity contribution in [1.82, 2.24) is 0 Å². The lowest BCUT2D eigenvalue weighted by Crippen LogP contribution is -2.20. The Labute approximate surface area is 155 Å². The maximum atomic E-state index is 11.8. The Morgan fingerprint density at radius 1 is 1.16 bits per heavy atom. The summed E-state index contributed by atoms with van der Waals surface area (Å²) >= 11 is 11.8. The number of amides is 1. The number of benzene rings is 2. The molecule has 0 spiro atoms. The number of carbonyl (C=O) groups excluding carboxylic acids is 2. The van der Waals surface area contributed by atoms with Crippen LogP contribution in [-0.2, 0) is 14.3 Å². The first-order valence-electron chi connectivity index (χ1n) is 7.22. The molecule has 25 heavy (non-hydrogen) atoms. The number of nitrogens with one attached hydrogen (secondary N) is 1. The summed E-state index contributed by atoms with van der Waals surface area (Å²) in [6, 6.07) is 11.7. The molecule has 0 radical (unpaired) electrons. The molecule has 0 fully saturated rings. The van der Waals surface area contributed by atoms with E-state index in [0.717, 1.165) is 0 Å². The standard InChI is InChI=1S/C18H15Cl2NO4/c1-24-15-4-2-3-14(10-15)21-17(22)11-25-18(23)8-6-12-5-7-13(19)9-16(12)20/h2-10H,11H2,1H3,(H,21,22)/b8-6+. The molecule has 0 aliphatic rings. The minimum absolute atomic E-state index is 0.408.